The van der Waals surface area contributed by atoms with Crippen molar-refractivity contribution in [3.8, 4) is 33.4 Å². The van der Waals surface area contributed by atoms with Crippen molar-refractivity contribution in [2.24, 2.45) is 11.3 Å². The summed E-state index contributed by atoms with van der Waals surface area (Å²) in [6.45, 7) is 9.43. The molecule has 40 heavy (non-hydrogen) atoms. The van der Waals surface area contributed by atoms with Crippen molar-refractivity contribution in [2.75, 3.05) is 0 Å². The van der Waals surface area contributed by atoms with Crippen LogP contribution in [0, 0.1) is 11.3 Å². The Hall–Kier alpha value is -2.18. The minimum absolute atomic E-state index is 0. The summed E-state index contributed by atoms with van der Waals surface area (Å²) in [7, 11) is 0. The fourth-order valence-corrected chi connectivity index (χ4v) is 10.1. The molecule has 0 saturated carbocycles. The zero-order valence-corrected chi connectivity index (χ0v) is 27.7. The molecule has 0 fully saturated rings. The Bertz CT molecular complexity index is 1540. The Labute approximate surface area is 264 Å². The zero-order chi connectivity index (χ0) is 26.3. The van der Waals surface area contributed by atoms with Crippen LogP contribution in [0.2, 0.25) is 0 Å². The first-order chi connectivity index (χ1) is 18.4. The summed E-state index contributed by atoms with van der Waals surface area (Å²) >= 11 is -1.03. The van der Waals surface area contributed by atoms with E-state index in [2.05, 4.69) is 131 Å². The largest absolute Gasteiger partial charge is 1.00 e. The van der Waals surface area contributed by atoms with Gasteiger partial charge in [-0.1, -0.05) is 0 Å². The van der Waals surface area contributed by atoms with Gasteiger partial charge in [-0.2, -0.15) is 0 Å². The molecule has 0 aliphatic heterocycles. The summed E-state index contributed by atoms with van der Waals surface area (Å²) in [4.78, 5) is 0. The van der Waals surface area contributed by atoms with Crippen LogP contribution in [0.1, 0.15) is 51.7 Å². The number of hydrogen-bond acceptors (Lipinski definition) is 0. The van der Waals surface area contributed by atoms with E-state index in [9.17, 15) is 0 Å². The van der Waals surface area contributed by atoms with E-state index in [0.717, 1.165) is 6.42 Å². The summed E-state index contributed by atoms with van der Waals surface area (Å²) in [5, 5.41) is 0. The van der Waals surface area contributed by atoms with Crippen LogP contribution in [-0.4, -0.2) is 0 Å². The van der Waals surface area contributed by atoms with Crippen molar-refractivity contribution >= 4 is 3.27 Å². The van der Waals surface area contributed by atoms with E-state index in [4.69, 9.17) is 0 Å². The normalized spacial score (nSPS) is 15.2. The molecule has 1 unspecified atom stereocenters. The molecule has 3 heteroatoms. The molecule has 0 N–H and O–H groups in total. The van der Waals surface area contributed by atoms with Crippen LogP contribution < -0.4 is 28.1 Å². The van der Waals surface area contributed by atoms with Crippen LogP contribution in [-0.2, 0) is 29.7 Å². The van der Waals surface area contributed by atoms with E-state index >= 15 is 0 Å². The summed E-state index contributed by atoms with van der Waals surface area (Å²) in [5.74, 6) is 0.619. The molecule has 0 nitrogen and oxygen atoms in total. The second kappa shape index (κ2) is 12.8. The third-order valence-corrected chi connectivity index (χ3v) is 12.1. The molecule has 4 aromatic carbocycles. The van der Waals surface area contributed by atoms with Gasteiger partial charge in [0.05, 0.1) is 0 Å². The molecule has 2 aliphatic rings. The van der Waals surface area contributed by atoms with Crippen molar-refractivity contribution in [3.05, 3.63) is 123 Å². The average Bonchev–Trinajstić information content (AvgIpc) is 3.51. The molecule has 0 saturated heterocycles. The van der Waals surface area contributed by atoms with Crippen LogP contribution in [0.5, 0.6) is 0 Å². The van der Waals surface area contributed by atoms with E-state index in [1.165, 1.54) is 57.4 Å². The third-order valence-electron chi connectivity index (χ3n) is 8.09. The first kappa shape index (κ1) is 30.8. The summed E-state index contributed by atoms with van der Waals surface area (Å²) in [6.07, 6.45) is 8.76. The number of hydrogen-bond donors (Lipinski definition) is 0. The molecule has 0 aromatic heterocycles. The second-order valence-corrected chi connectivity index (χ2v) is 15.0. The zero-order valence-electron chi connectivity index (χ0n) is 23.8. The van der Waals surface area contributed by atoms with Gasteiger partial charge in [0.2, 0.25) is 0 Å². The Morgan fingerprint density at radius 1 is 0.725 bits per heavy atom. The summed E-state index contributed by atoms with van der Waals surface area (Å²) in [5.41, 5.74) is 13.2. The van der Waals surface area contributed by atoms with Gasteiger partial charge in [0.1, 0.15) is 0 Å². The molecule has 0 radical (unpaired) electrons. The molecular weight excluding hydrogens is 607 g/mol. The Morgan fingerprint density at radius 3 is 2.00 bits per heavy atom. The smallest absolute Gasteiger partial charge is 1.00 e. The molecule has 4 aromatic rings. The number of allylic oxidation sites excluding steroid dienone is 4. The van der Waals surface area contributed by atoms with Crippen LogP contribution in [0.15, 0.2) is 112 Å². The Balaban J connectivity index is 0.00000185. The predicted molar refractivity (Wildman–Crippen MR) is 159 cm³/mol. The molecule has 0 spiro atoms. The quantitative estimate of drug-likeness (QED) is 0.266. The first-order valence-electron chi connectivity index (χ1n) is 14.0. The fraction of sp³-hybridized carbons (Fsp3) is 0.243. The van der Waals surface area contributed by atoms with Crippen molar-refractivity contribution in [3.63, 3.8) is 0 Å². The maximum absolute atomic E-state index is 2.61. The first-order valence-corrected chi connectivity index (χ1v) is 16.5. The van der Waals surface area contributed by atoms with E-state index in [0.29, 0.717) is 5.92 Å². The Kier molecular flexibility index (Phi) is 9.83. The van der Waals surface area contributed by atoms with Crippen molar-refractivity contribution < 1.29 is 48.0 Å². The minimum Gasteiger partial charge on any atom is -1.00 e. The standard InChI is InChI=1S/C25H17.C12H19.2ClH.Zr/c1-3-7-18(8-4-1)20-11-13-24-22(15-20)17-23-16-21(12-14-25(23)24)19-9-5-2-6-10-19;1-5-6-10-7-8-11(9-10)12(2,3)4;;;/h1-15H,17H2;8-10H,5-6H2,1-4H3;2*1H;/q;;;;+2/p-2. The minimum atomic E-state index is -1.03. The van der Waals surface area contributed by atoms with E-state index in [-0.39, 0.29) is 30.2 Å². The topological polar surface area (TPSA) is 0 Å². The van der Waals surface area contributed by atoms with Crippen LogP contribution >= 0.6 is 0 Å². The van der Waals surface area contributed by atoms with Gasteiger partial charge in [0.25, 0.3) is 0 Å². The molecule has 0 bridgehead atoms. The molecule has 0 heterocycles. The molecule has 1 atom stereocenters. The number of halogens is 2. The second-order valence-electron chi connectivity index (χ2n) is 11.8. The summed E-state index contributed by atoms with van der Waals surface area (Å²) in [6, 6.07) is 33.9. The number of rotatable bonds is 6. The fourth-order valence-electron chi connectivity index (χ4n) is 6.01. The third kappa shape index (κ3) is 6.04. The molecule has 202 valence electrons. The number of benzene rings is 4. The number of fused-ring (bicyclic) bond motifs is 3. The molecule has 0 amide bonds. The maximum Gasteiger partial charge on any atom is -1.00 e. The Morgan fingerprint density at radius 2 is 1.35 bits per heavy atom. The van der Waals surface area contributed by atoms with E-state index in [1.807, 2.05) is 0 Å². The predicted octanol–water partition coefficient (Wildman–Crippen LogP) is 3.59. The molecule has 2 aliphatic carbocycles. The van der Waals surface area contributed by atoms with Crippen molar-refractivity contribution in [2.45, 2.75) is 47.0 Å². The van der Waals surface area contributed by atoms with Gasteiger partial charge < -0.3 is 24.8 Å². The van der Waals surface area contributed by atoms with Gasteiger partial charge in [0.15, 0.2) is 0 Å². The monoisotopic (exact) mass is 640 g/mol. The average molecular weight is 643 g/mol. The summed E-state index contributed by atoms with van der Waals surface area (Å²) < 4.78 is 3.44. The SMILES string of the molecule is CCCC1C=C(C(C)(C)C)C=[C]1[Zr+2][c]1c(-c2ccccc2)ccc2c1Cc1cc(-c3ccccc3)ccc1-2.[Cl-].[Cl-]. The molecule has 6 rings (SSSR count). The van der Waals surface area contributed by atoms with E-state index < -0.39 is 23.2 Å². The van der Waals surface area contributed by atoms with Gasteiger partial charge in [0, 0.05) is 0 Å². The van der Waals surface area contributed by atoms with Crippen LogP contribution in [0.3, 0.4) is 0 Å². The van der Waals surface area contributed by atoms with Gasteiger partial charge in [-0.15, -0.1) is 0 Å². The van der Waals surface area contributed by atoms with Gasteiger partial charge in [-0.25, -0.2) is 0 Å². The van der Waals surface area contributed by atoms with E-state index in [1.54, 1.807) is 12.1 Å². The van der Waals surface area contributed by atoms with Crippen LogP contribution in [0.4, 0.5) is 0 Å². The van der Waals surface area contributed by atoms with Crippen molar-refractivity contribution in [1.29, 1.82) is 0 Å². The van der Waals surface area contributed by atoms with Crippen LogP contribution in [0.25, 0.3) is 33.4 Å². The van der Waals surface area contributed by atoms with Crippen molar-refractivity contribution in [1.82, 2.24) is 0 Å². The van der Waals surface area contributed by atoms with Gasteiger partial charge >= 0.3 is 241 Å². The maximum atomic E-state index is 2.61. The van der Waals surface area contributed by atoms with Gasteiger partial charge in [-0.3, -0.25) is 0 Å². The molecular formula is C37H36Cl2Zr. The van der Waals surface area contributed by atoms with Gasteiger partial charge in [-0.05, 0) is 0 Å².